The molecule has 7 nitrogen and oxygen atoms in total. The first kappa shape index (κ1) is 24.4. The third kappa shape index (κ3) is 6.18. The van der Waals surface area contributed by atoms with Crippen LogP contribution in [0.5, 0.6) is 0 Å². The number of carbonyl (C=O) groups excluding carboxylic acids is 2. The summed E-state index contributed by atoms with van der Waals surface area (Å²) < 4.78 is 0. The summed E-state index contributed by atoms with van der Waals surface area (Å²) in [5.74, 6) is -0.158. The Labute approximate surface area is 199 Å². The quantitative estimate of drug-likeness (QED) is 0.646. The maximum atomic E-state index is 12.9. The highest BCUT2D eigenvalue weighted by Crippen LogP contribution is 2.28. The first-order valence-corrected chi connectivity index (χ1v) is 11.4. The molecule has 0 radical (unpaired) electrons. The molecule has 2 aromatic heterocycles. The van der Waals surface area contributed by atoms with E-state index in [4.69, 9.17) is 11.6 Å². The van der Waals surface area contributed by atoms with Crippen LogP contribution in [0.3, 0.4) is 0 Å². The zero-order chi connectivity index (χ0) is 21.6. The largest absolute Gasteiger partial charge is 0.324 e. The van der Waals surface area contributed by atoms with Gasteiger partial charge in [-0.25, -0.2) is 9.97 Å². The van der Waals surface area contributed by atoms with Gasteiger partial charge in [-0.15, -0.1) is 12.4 Å². The number of rotatable bonds is 5. The molecule has 1 aliphatic carbocycles. The zero-order valence-corrected chi connectivity index (χ0v) is 19.5. The Morgan fingerprint density at radius 2 is 1.72 bits per heavy atom. The highest BCUT2D eigenvalue weighted by Gasteiger charge is 2.30. The molecule has 0 aromatic carbocycles. The SMILES string of the molecule is Cl.O=C(Nc1ccc(Cl)cn1)c1ncccc1NC(=O)C1CCN(C2CCCCC2)CC1. The average Bonchev–Trinajstić information content (AvgIpc) is 2.81. The van der Waals surface area contributed by atoms with Crippen molar-refractivity contribution >= 4 is 47.3 Å². The fourth-order valence-corrected chi connectivity index (χ4v) is 4.63. The normalized spacial score (nSPS) is 17.9. The number of hydrogen-bond acceptors (Lipinski definition) is 5. The van der Waals surface area contributed by atoms with Gasteiger partial charge in [0.05, 0.1) is 10.7 Å². The summed E-state index contributed by atoms with van der Waals surface area (Å²) in [7, 11) is 0. The van der Waals surface area contributed by atoms with Crippen molar-refractivity contribution in [2.45, 2.75) is 51.0 Å². The van der Waals surface area contributed by atoms with Gasteiger partial charge in [-0.2, -0.15) is 0 Å². The molecule has 2 N–H and O–H groups in total. The average molecular weight is 478 g/mol. The molecule has 0 atom stereocenters. The first-order valence-electron chi connectivity index (χ1n) is 11.0. The predicted octanol–water partition coefficient (Wildman–Crippen LogP) is 4.79. The van der Waals surface area contributed by atoms with Crippen molar-refractivity contribution in [2.75, 3.05) is 23.7 Å². The number of anilines is 2. The summed E-state index contributed by atoms with van der Waals surface area (Å²) in [6.07, 6.45) is 11.2. The lowest BCUT2D eigenvalue weighted by Gasteiger charge is -2.38. The minimum Gasteiger partial charge on any atom is -0.324 e. The van der Waals surface area contributed by atoms with Gasteiger partial charge >= 0.3 is 0 Å². The molecule has 0 bridgehead atoms. The number of nitrogens with one attached hydrogen (secondary N) is 2. The van der Waals surface area contributed by atoms with Crippen molar-refractivity contribution in [3.63, 3.8) is 0 Å². The van der Waals surface area contributed by atoms with Crippen molar-refractivity contribution in [3.8, 4) is 0 Å². The highest BCUT2D eigenvalue weighted by atomic mass is 35.5. The molecule has 2 amide bonds. The van der Waals surface area contributed by atoms with Crippen molar-refractivity contribution in [2.24, 2.45) is 5.92 Å². The number of likely N-dealkylation sites (tertiary alicyclic amines) is 1. The van der Waals surface area contributed by atoms with Gasteiger partial charge in [-0.3, -0.25) is 9.59 Å². The molecule has 3 heterocycles. The van der Waals surface area contributed by atoms with E-state index < -0.39 is 5.91 Å². The van der Waals surface area contributed by atoms with E-state index in [-0.39, 0.29) is 29.9 Å². The van der Waals surface area contributed by atoms with E-state index in [0.29, 0.717) is 22.6 Å². The fourth-order valence-electron chi connectivity index (χ4n) is 4.52. The van der Waals surface area contributed by atoms with Crippen LogP contribution < -0.4 is 10.6 Å². The van der Waals surface area contributed by atoms with Gasteiger partial charge in [0.25, 0.3) is 5.91 Å². The standard InChI is InChI=1S/C23H28ClN5O2.ClH/c24-17-8-9-20(26-15-17)28-23(31)21-19(7-4-12-25-21)27-22(30)16-10-13-29(14-11-16)18-5-2-1-3-6-18;/h4,7-9,12,15-16,18H,1-3,5-6,10-11,13-14H2,(H,27,30)(H,26,28,31);1H. The third-order valence-corrected chi connectivity index (χ3v) is 6.46. The predicted molar refractivity (Wildman–Crippen MR) is 128 cm³/mol. The van der Waals surface area contributed by atoms with E-state index in [1.165, 1.54) is 44.5 Å². The van der Waals surface area contributed by atoms with Crippen LogP contribution in [0.2, 0.25) is 5.02 Å². The van der Waals surface area contributed by atoms with E-state index in [9.17, 15) is 9.59 Å². The molecule has 4 rings (SSSR count). The molecule has 2 aliphatic rings. The fraction of sp³-hybridized carbons (Fsp3) is 0.478. The maximum Gasteiger partial charge on any atom is 0.277 e. The smallest absolute Gasteiger partial charge is 0.277 e. The lowest BCUT2D eigenvalue weighted by atomic mass is 9.90. The van der Waals surface area contributed by atoms with Gasteiger partial charge in [-0.1, -0.05) is 30.9 Å². The van der Waals surface area contributed by atoms with E-state index in [1.807, 2.05) is 0 Å². The Bertz CT molecular complexity index is 911. The van der Waals surface area contributed by atoms with E-state index >= 15 is 0 Å². The van der Waals surface area contributed by atoms with Crippen molar-refractivity contribution in [1.82, 2.24) is 14.9 Å². The number of halogens is 2. The second-order valence-electron chi connectivity index (χ2n) is 8.31. The third-order valence-electron chi connectivity index (χ3n) is 6.24. The molecule has 1 aliphatic heterocycles. The number of pyridine rings is 2. The van der Waals surface area contributed by atoms with Crippen molar-refractivity contribution < 1.29 is 9.59 Å². The second kappa shape index (κ2) is 11.6. The van der Waals surface area contributed by atoms with Crippen LogP contribution in [0.4, 0.5) is 11.5 Å². The topological polar surface area (TPSA) is 87.2 Å². The minimum absolute atomic E-state index is 0. The molecular weight excluding hydrogens is 449 g/mol. The molecule has 2 fully saturated rings. The molecule has 1 saturated carbocycles. The number of amides is 2. The summed E-state index contributed by atoms with van der Waals surface area (Å²) in [6, 6.07) is 7.35. The Kier molecular flexibility index (Phi) is 8.84. The van der Waals surface area contributed by atoms with Gasteiger partial charge in [-0.05, 0) is 63.0 Å². The minimum atomic E-state index is -0.433. The molecule has 1 saturated heterocycles. The first-order chi connectivity index (χ1) is 15.1. The summed E-state index contributed by atoms with van der Waals surface area (Å²) in [6.45, 7) is 1.93. The molecule has 0 unspecified atom stereocenters. The van der Waals surface area contributed by atoms with Gasteiger partial charge in [0, 0.05) is 24.4 Å². The van der Waals surface area contributed by atoms with E-state index in [0.717, 1.165) is 25.9 Å². The van der Waals surface area contributed by atoms with E-state index in [1.54, 1.807) is 24.3 Å². The molecule has 0 spiro atoms. The summed E-state index contributed by atoms with van der Waals surface area (Å²) in [5.41, 5.74) is 0.570. The second-order valence-corrected chi connectivity index (χ2v) is 8.74. The number of hydrogen-bond donors (Lipinski definition) is 2. The Balaban J connectivity index is 0.00000289. The van der Waals surface area contributed by atoms with Gasteiger partial charge in [0.1, 0.15) is 5.82 Å². The van der Waals surface area contributed by atoms with Crippen molar-refractivity contribution in [3.05, 3.63) is 47.4 Å². The summed E-state index contributed by atoms with van der Waals surface area (Å²) in [4.78, 5) is 36.4. The summed E-state index contributed by atoms with van der Waals surface area (Å²) >= 11 is 5.84. The van der Waals surface area contributed by atoms with Gasteiger partial charge < -0.3 is 15.5 Å². The lowest BCUT2D eigenvalue weighted by molar-refractivity contribution is -0.121. The van der Waals surface area contributed by atoms with E-state index in [2.05, 4.69) is 25.5 Å². The van der Waals surface area contributed by atoms with Crippen LogP contribution in [0.1, 0.15) is 55.4 Å². The van der Waals surface area contributed by atoms with Crippen LogP contribution in [-0.4, -0.2) is 45.8 Å². The molecule has 172 valence electrons. The van der Waals surface area contributed by atoms with Crippen LogP contribution >= 0.6 is 24.0 Å². The zero-order valence-electron chi connectivity index (χ0n) is 17.9. The Morgan fingerprint density at radius 1 is 0.969 bits per heavy atom. The van der Waals surface area contributed by atoms with Crippen LogP contribution in [0.15, 0.2) is 36.7 Å². The molecule has 2 aromatic rings. The number of carbonyl (C=O) groups is 2. The summed E-state index contributed by atoms with van der Waals surface area (Å²) in [5, 5.41) is 6.10. The van der Waals surface area contributed by atoms with Crippen LogP contribution in [0.25, 0.3) is 0 Å². The van der Waals surface area contributed by atoms with Crippen molar-refractivity contribution in [1.29, 1.82) is 0 Å². The Morgan fingerprint density at radius 3 is 2.41 bits per heavy atom. The lowest BCUT2D eigenvalue weighted by Crippen LogP contribution is -2.44. The number of aromatic nitrogens is 2. The molecular formula is C23H29Cl2N5O2. The number of nitrogens with zero attached hydrogens (tertiary/aromatic N) is 3. The molecule has 9 heteroatoms. The van der Waals surface area contributed by atoms with Crippen LogP contribution in [-0.2, 0) is 4.79 Å². The monoisotopic (exact) mass is 477 g/mol. The van der Waals surface area contributed by atoms with Crippen LogP contribution in [0, 0.1) is 5.92 Å². The van der Waals surface area contributed by atoms with Gasteiger partial charge in [0.2, 0.25) is 5.91 Å². The Hall–Kier alpha value is -2.22. The number of piperidine rings is 1. The van der Waals surface area contributed by atoms with Gasteiger partial charge in [0.15, 0.2) is 5.69 Å². The molecule has 32 heavy (non-hydrogen) atoms. The maximum absolute atomic E-state index is 12.9. The highest BCUT2D eigenvalue weighted by molar-refractivity contribution is 6.30.